The molecule has 0 unspecified atom stereocenters. The first-order chi connectivity index (χ1) is 9.79. The van der Waals surface area contributed by atoms with E-state index in [1.54, 1.807) is 30.7 Å². The Bertz CT molecular complexity index is 781. The minimum Gasteiger partial charge on any atom is -0.389 e. The van der Waals surface area contributed by atoms with Gasteiger partial charge in [0.1, 0.15) is 16.6 Å². The molecule has 0 atom stereocenters. The molecule has 6 nitrogen and oxygen atoms in total. The van der Waals surface area contributed by atoms with Gasteiger partial charge in [0, 0.05) is 5.56 Å². The van der Waals surface area contributed by atoms with Crippen LogP contribution in [0.1, 0.15) is 17.2 Å². The summed E-state index contributed by atoms with van der Waals surface area (Å²) < 4.78 is 26.3. The largest absolute Gasteiger partial charge is 0.389 e. The summed E-state index contributed by atoms with van der Waals surface area (Å²) in [6, 6.07) is 6.35. The summed E-state index contributed by atoms with van der Waals surface area (Å²) in [7, 11) is -3.43. The fraction of sp³-hybridized carbons (Fsp3) is 0.308. The maximum atomic E-state index is 12.4. The predicted octanol–water partition coefficient (Wildman–Crippen LogP) is 1.00. The number of aromatic nitrogens is 3. The van der Waals surface area contributed by atoms with Crippen LogP contribution in [-0.2, 0) is 16.4 Å². The lowest BCUT2D eigenvalue weighted by Gasteiger charge is -2.07. The standard InChI is InChI=1S/C13H16N4O2S2/c1-9-15-10(2)17(16-9)6-7-21(18,19)12-5-3-4-11(8-12)13(14)20/h3-5,8H,6-7H2,1-2H3,(H2,14,20). The van der Waals surface area contributed by atoms with Gasteiger partial charge in [0.15, 0.2) is 9.84 Å². The Labute approximate surface area is 128 Å². The first kappa shape index (κ1) is 15.6. The maximum Gasteiger partial charge on any atom is 0.180 e. The van der Waals surface area contributed by atoms with Gasteiger partial charge < -0.3 is 5.73 Å². The molecule has 1 aromatic carbocycles. The summed E-state index contributed by atoms with van der Waals surface area (Å²) in [6.07, 6.45) is 0. The van der Waals surface area contributed by atoms with Crippen molar-refractivity contribution < 1.29 is 8.42 Å². The average Bonchev–Trinajstić information content (AvgIpc) is 2.75. The summed E-state index contributed by atoms with van der Waals surface area (Å²) in [5.74, 6) is 1.26. The number of nitrogens with zero attached hydrogens (tertiary/aromatic N) is 3. The van der Waals surface area contributed by atoms with Crippen molar-refractivity contribution in [2.45, 2.75) is 25.3 Å². The molecule has 1 aromatic heterocycles. The molecular weight excluding hydrogens is 308 g/mol. The van der Waals surface area contributed by atoms with Crippen molar-refractivity contribution in [1.29, 1.82) is 0 Å². The first-order valence-electron chi connectivity index (χ1n) is 6.30. The first-order valence-corrected chi connectivity index (χ1v) is 8.36. The van der Waals surface area contributed by atoms with Crippen LogP contribution in [0.3, 0.4) is 0 Å². The monoisotopic (exact) mass is 324 g/mol. The van der Waals surface area contributed by atoms with E-state index in [1.165, 1.54) is 12.1 Å². The molecule has 112 valence electrons. The van der Waals surface area contributed by atoms with Crippen LogP contribution in [-0.4, -0.2) is 33.9 Å². The number of aryl methyl sites for hydroxylation is 3. The third-order valence-corrected chi connectivity index (χ3v) is 4.94. The van der Waals surface area contributed by atoms with Crippen molar-refractivity contribution in [3.05, 3.63) is 41.5 Å². The van der Waals surface area contributed by atoms with E-state index in [9.17, 15) is 8.42 Å². The van der Waals surface area contributed by atoms with E-state index in [4.69, 9.17) is 18.0 Å². The molecule has 1 heterocycles. The van der Waals surface area contributed by atoms with E-state index in [0.717, 1.165) is 0 Å². The van der Waals surface area contributed by atoms with Crippen molar-refractivity contribution in [2.24, 2.45) is 5.73 Å². The number of benzene rings is 1. The highest BCUT2D eigenvalue weighted by molar-refractivity contribution is 7.91. The van der Waals surface area contributed by atoms with Gasteiger partial charge in [-0.25, -0.2) is 18.1 Å². The number of rotatable bonds is 5. The van der Waals surface area contributed by atoms with E-state index in [2.05, 4.69) is 10.1 Å². The second kappa shape index (κ2) is 5.90. The van der Waals surface area contributed by atoms with Crippen LogP contribution in [0.2, 0.25) is 0 Å². The highest BCUT2D eigenvalue weighted by atomic mass is 32.2. The molecule has 0 saturated carbocycles. The van der Waals surface area contributed by atoms with Crippen LogP contribution >= 0.6 is 12.2 Å². The topological polar surface area (TPSA) is 90.9 Å². The van der Waals surface area contributed by atoms with E-state index >= 15 is 0 Å². The van der Waals surface area contributed by atoms with Gasteiger partial charge in [-0.2, -0.15) is 5.10 Å². The molecule has 21 heavy (non-hydrogen) atoms. The smallest absolute Gasteiger partial charge is 0.180 e. The van der Waals surface area contributed by atoms with Gasteiger partial charge in [-0.15, -0.1) is 0 Å². The van der Waals surface area contributed by atoms with Crippen LogP contribution in [0.25, 0.3) is 0 Å². The molecule has 0 fully saturated rings. The van der Waals surface area contributed by atoms with Crippen molar-refractivity contribution in [3.63, 3.8) is 0 Å². The van der Waals surface area contributed by atoms with Gasteiger partial charge in [0.25, 0.3) is 0 Å². The average molecular weight is 324 g/mol. The lowest BCUT2D eigenvalue weighted by Crippen LogP contribution is -2.16. The quantitative estimate of drug-likeness (QED) is 0.825. The molecule has 2 aromatic rings. The molecule has 0 saturated heterocycles. The molecule has 0 amide bonds. The van der Waals surface area contributed by atoms with Crippen molar-refractivity contribution in [2.75, 3.05) is 5.75 Å². The van der Waals surface area contributed by atoms with E-state index in [0.29, 0.717) is 17.2 Å². The molecule has 0 aliphatic heterocycles. The lowest BCUT2D eigenvalue weighted by atomic mass is 10.2. The van der Waals surface area contributed by atoms with Gasteiger partial charge in [-0.05, 0) is 26.0 Å². The molecule has 0 radical (unpaired) electrons. The van der Waals surface area contributed by atoms with Crippen molar-refractivity contribution >= 4 is 27.0 Å². The second-order valence-electron chi connectivity index (χ2n) is 4.64. The van der Waals surface area contributed by atoms with Gasteiger partial charge >= 0.3 is 0 Å². The van der Waals surface area contributed by atoms with Gasteiger partial charge in [-0.1, -0.05) is 24.4 Å². The zero-order valence-electron chi connectivity index (χ0n) is 11.8. The van der Waals surface area contributed by atoms with Gasteiger partial charge in [0.2, 0.25) is 0 Å². The number of nitrogens with two attached hydrogens (primary N) is 1. The number of hydrogen-bond acceptors (Lipinski definition) is 5. The molecule has 0 spiro atoms. The Morgan fingerprint density at radius 1 is 1.38 bits per heavy atom. The summed E-state index contributed by atoms with van der Waals surface area (Å²) in [6.45, 7) is 3.82. The Kier molecular flexibility index (Phi) is 4.38. The Morgan fingerprint density at radius 2 is 2.10 bits per heavy atom. The maximum absolute atomic E-state index is 12.4. The normalized spacial score (nSPS) is 11.5. The molecule has 0 aliphatic rings. The second-order valence-corrected chi connectivity index (χ2v) is 7.19. The number of sulfone groups is 1. The summed E-state index contributed by atoms with van der Waals surface area (Å²) >= 11 is 4.87. The highest BCUT2D eigenvalue weighted by Gasteiger charge is 2.16. The molecule has 0 bridgehead atoms. The van der Waals surface area contributed by atoms with E-state index in [1.807, 2.05) is 0 Å². The Morgan fingerprint density at radius 3 is 2.67 bits per heavy atom. The SMILES string of the molecule is Cc1nc(C)n(CCS(=O)(=O)c2cccc(C(N)=S)c2)n1. The highest BCUT2D eigenvalue weighted by Crippen LogP contribution is 2.14. The molecule has 2 N–H and O–H groups in total. The summed E-state index contributed by atoms with van der Waals surface area (Å²) in [5.41, 5.74) is 6.07. The minimum atomic E-state index is -3.43. The Hall–Kier alpha value is -1.80. The molecular formula is C13H16N4O2S2. The molecule has 2 rings (SSSR count). The van der Waals surface area contributed by atoms with Crippen molar-refractivity contribution in [1.82, 2.24) is 14.8 Å². The molecule has 0 aliphatic carbocycles. The third kappa shape index (κ3) is 3.64. The summed E-state index contributed by atoms with van der Waals surface area (Å²) in [5, 5.41) is 4.15. The van der Waals surface area contributed by atoms with Crippen LogP contribution in [0.5, 0.6) is 0 Å². The summed E-state index contributed by atoms with van der Waals surface area (Å²) in [4.78, 5) is 4.53. The number of hydrogen-bond donors (Lipinski definition) is 1. The van der Waals surface area contributed by atoms with Crippen LogP contribution in [0.15, 0.2) is 29.2 Å². The van der Waals surface area contributed by atoms with Crippen molar-refractivity contribution in [3.8, 4) is 0 Å². The van der Waals surface area contributed by atoms with Crippen LogP contribution in [0.4, 0.5) is 0 Å². The van der Waals surface area contributed by atoms with Crippen LogP contribution in [0, 0.1) is 13.8 Å². The number of thiocarbonyl (C=S) groups is 1. The molecule has 8 heteroatoms. The van der Waals surface area contributed by atoms with E-state index in [-0.39, 0.29) is 22.2 Å². The fourth-order valence-corrected chi connectivity index (χ4v) is 3.31. The zero-order chi connectivity index (χ0) is 15.6. The fourth-order valence-electron chi connectivity index (χ4n) is 1.94. The lowest BCUT2D eigenvalue weighted by molar-refractivity contribution is 0.575. The third-order valence-electron chi connectivity index (χ3n) is 3.01. The van der Waals surface area contributed by atoms with Crippen LogP contribution < -0.4 is 5.73 Å². The predicted molar refractivity (Wildman–Crippen MR) is 83.9 cm³/mol. The van der Waals surface area contributed by atoms with Gasteiger partial charge in [-0.3, -0.25) is 0 Å². The minimum absolute atomic E-state index is 0.0581. The zero-order valence-corrected chi connectivity index (χ0v) is 13.4. The van der Waals surface area contributed by atoms with E-state index < -0.39 is 9.84 Å². The Balaban J connectivity index is 2.20. The van der Waals surface area contributed by atoms with Gasteiger partial charge in [0.05, 0.1) is 17.2 Å².